The van der Waals surface area contributed by atoms with Gasteiger partial charge in [0.2, 0.25) is 0 Å². The molecule has 0 saturated heterocycles. The number of phenols is 1. The monoisotopic (exact) mass is 260 g/mol. The minimum absolute atomic E-state index is 0.329. The van der Waals surface area contributed by atoms with E-state index in [1.54, 1.807) is 12.1 Å². The Balaban J connectivity index is -0.000000181. The molecule has 1 N–H and O–H groups in total. The van der Waals surface area contributed by atoms with Crippen LogP contribution in [0, 0.1) is 6.92 Å². The van der Waals surface area contributed by atoms with E-state index in [0.717, 1.165) is 0 Å². The summed E-state index contributed by atoms with van der Waals surface area (Å²) >= 11 is 3.89. The standard InChI is InChI=1S/C7H8O.C4H10.C2H6.HPS/c1-6-2-4-7(8)5-3-6;1-3-4-2;2*1-2/h2-5,8H,1H3;3-4H2,1-2H3;1-2H3;1H. The van der Waals surface area contributed by atoms with Crippen LogP contribution in [0.25, 0.3) is 0 Å². The molecular formula is C13H25OPS. The van der Waals surface area contributed by atoms with Gasteiger partial charge in [-0.3, -0.25) is 0 Å². The van der Waals surface area contributed by atoms with Crippen molar-refractivity contribution in [3.8, 4) is 5.75 Å². The first-order chi connectivity index (χ1) is 7.70. The van der Waals surface area contributed by atoms with Crippen LogP contribution in [0.2, 0.25) is 0 Å². The topological polar surface area (TPSA) is 20.2 Å². The summed E-state index contributed by atoms with van der Waals surface area (Å²) in [6, 6.07) is 7.09. The maximum absolute atomic E-state index is 8.76. The molecule has 0 unspecified atom stereocenters. The number of benzene rings is 1. The molecule has 0 aliphatic heterocycles. The molecule has 1 nitrogen and oxygen atoms in total. The Hall–Kier alpha value is -0.460. The predicted octanol–water partition coefficient (Wildman–Crippen LogP) is 5.12. The molecule has 3 heteroatoms. The van der Waals surface area contributed by atoms with Crippen molar-refractivity contribution in [1.29, 1.82) is 0 Å². The lowest BCUT2D eigenvalue weighted by molar-refractivity contribution is 0.475. The van der Waals surface area contributed by atoms with Crippen molar-refractivity contribution >= 4 is 19.8 Å². The zero-order valence-electron chi connectivity index (χ0n) is 11.1. The van der Waals surface area contributed by atoms with Crippen molar-refractivity contribution in [2.75, 3.05) is 0 Å². The van der Waals surface area contributed by atoms with Crippen LogP contribution in [0.5, 0.6) is 5.75 Å². The van der Waals surface area contributed by atoms with Crippen LogP contribution in [0.1, 0.15) is 46.1 Å². The van der Waals surface area contributed by atoms with Crippen molar-refractivity contribution in [1.82, 2.24) is 0 Å². The van der Waals surface area contributed by atoms with Crippen molar-refractivity contribution in [3.05, 3.63) is 29.8 Å². The zero-order chi connectivity index (χ0) is 13.4. The zero-order valence-corrected chi connectivity index (χ0v) is 12.9. The fourth-order valence-electron chi connectivity index (χ4n) is 0.545. The van der Waals surface area contributed by atoms with Gasteiger partial charge < -0.3 is 5.11 Å². The molecule has 16 heavy (non-hydrogen) atoms. The third-order valence-corrected chi connectivity index (χ3v) is 1.53. The average Bonchev–Trinajstić information content (AvgIpc) is 2.38. The van der Waals surface area contributed by atoms with E-state index in [1.165, 1.54) is 18.4 Å². The second-order valence-electron chi connectivity index (χ2n) is 2.84. The number of phenolic OH excluding ortho intramolecular Hbond substituents is 1. The number of aromatic hydroxyl groups is 1. The first-order valence-corrected chi connectivity index (χ1v) is 7.30. The number of hydrogen-bond acceptors (Lipinski definition) is 2. The van der Waals surface area contributed by atoms with Gasteiger partial charge in [-0.1, -0.05) is 70.0 Å². The van der Waals surface area contributed by atoms with Gasteiger partial charge in [0, 0.05) is 0 Å². The number of aryl methyl sites for hydroxylation is 1. The highest BCUT2D eigenvalue weighted by Crippen LogP contribution is 2.07. The summed E-state index contributed by atoms with van der Waals surface area (Å²) < 4.78 is 0. The van der Waals surface area contributed by atoms with Gasteiger partial charge in [0.25, 0.3) is 0 Å². The lowest BCUT2D eigenvalue weighted by Crippen LogP contribution is -1.66. The number of rotatable bonds is 1. The van der Waals surface area contributed by atoms with E-state index in [2.05, 4.69) is 33.7 Å². The third kappa shape index (κ3) is 19.2. The van der Waals surface area contributed by atoms with Crippen LogP contribution >= 0.6 is 8.02 Å². The van der Waals surface area contributed by atoms with Crippen molar-refractivity contribution in [3.63, 3.8) is 0 Å². The summed E-state index contributed by atoms with van der Waals surface area (Å²) in [6.45, 7) is 10.3. The summed E-state index contributed by atoms with van der Waals surface area (Å²) in [4.78, 5) is 0. The Morgan fingerprint density at radius 1 is 1.00 bits per heavy atom. The molecule has 0 saturated carbocycles. The smallest absolute Gasteiger partial charge is 0.115 e. The minimum atomic E-state index is 0.329. The highest BCUT2D eigenvalue weighted by Gasteiger charge is 1.82. The Morgan fingerprint density at radius 3 is 1.50 bits per heavy atom. The van der Waals surface area contributed by atoms with Gasteiger partial charge in [-0.15, -0.1) is 0 Å². The van der Waals surface area contributed by atoms with E-state index in [1.807, 2.05) is 32.9 Å². The minimum Gasteiger partial charge on any atom is -0.508 e. The Bertz CT molecular complexity index is 189. The normalized spacial score (nSPS) is 7.06. The molecule has 0 spiro atoms. The highest BCUT2D eigenvalue weighted by molar-refractivity contribution is 7.88. The molecule has 0 aliphatic rings. The molecule has 1 rings (SSSR count). The van der Waals surface area contributed by atoms with Gasteiger partial charge in [0.1, 0.15) is 5.75 Å². The summed E-state index contributed by atoms with van der Waals surface area (Å²) in [5.74, 6) is 0.329. The largest absolute Gasteiger partial charge is 0.508 e. The summed E-state index contributed by atoms with van der Waals surface area (Å²) in [5.41, 5.74) is 1.17. The molecule has 0 amide bonds. The Labute approximate surface area is 108 Å². The fourth-order valence-corrected chi connectivity index (χ4v) is 0.545. The number of unbranched alkanes of at least 4 members (excludes halogenated alkanes) is 1. The van der Waals surface area contributed by atoms with E-state index in [4.69, 9.17) is 5.11 Å². The molecule has 1 aromatic rings. The summed E-state index contributed by atoms with van der Waals surface area (Å²) in [7, 11) is 2.56. The molecular weight excluding hydrogens is 235 g/mol. The van der Waals surface area contributed by atoms with E-state index in [-0.39, 0.29) is 0 Å². The maximum Gasteiger partial charge on any atom is 0.115 e. The third-order valence-electron chi connectivity index (χ3n) is 1.53. The van der Waals surface area contributed by atoms with Crippen LogP contribution in [0.3, 0.4) is 0 Å². The van der Waals surface area contributed by atoms with Gasteiger partial charge in [0.05, 0.1) is 0 Å². The van der Waals surface area contributed by atoms with Gasteiger partial charge in [-0.25, -0.2) is 0 Å². The lowest BCUT2D eigenvalue weighted by Gasteiger charge is -1.89. The number of hydrogen-bond donors (Lipinski definition) is 1. The van der Waals surface area contributed by atoms with E-state index >= 15 is 0 Å². The molecule has 1 aromatic carbocycles. The van der Waals surface area contributed by atoms with Gasteiger partial charge in [0.15, 0.2) is 0 Å². The SMILES string of the molecule is CC.CCCC.Cc1ccc(O)cc1.P=S. The van der Waals surface area contributed by atoms with Gasteiger partial charge in [-0.05, 0) is 27.1 Å². The molecule has 0 aliphatic carbocycles. The highest BCUT2D eigenvalue weighted by atomic mass is 32.4. The summed E-state index contributed by atoms with van der Waals surface area (Å²) in [6.07, 6.45) is 2.64. The predicted molar refractivity (Wildman–Crippen MR) is 80.5 cm³/mol. The maximum atomic E-state index is 8.76. The first kappa shape index (κ1) is 20.9. The summed E-state index contributed by atoms with van der Waals surface area (Å²) in [5, 5.41) is 8.76. The van der Waals surface area contributed by atoms with Crippen molar-refractivity contribution in [2.24, 2.45) is 0 Å². The molecule has 0 aromatic heterocycles. The lowest BCUT2D eigenvalue weighted by atomic mass is 10.2. The van der Waals surface area contributed by atoms with E-state index in [9.17, 15) is 0 Å². The van der Waals surface area contributed by atoms with Gasteiger partial charge >= 0.3 is 0 Å². The quantitative estimate of drug-likeness (QED) is 0.707. The molecule has 0 bridgehead atoms. The Kier molecular flexibility index (Phi) is 26.1. The molecule has 94 valence electrons. The molecule has 0 atom stereocenters. The van der Waals surface area contributed by atoms with Gasteiger partial charge in [-0.2, -0.15) is 0 Å². The second-order valence-corrected chi connectivity index (χ2v) is 2.84. The van der Waals surface area contributed by atoms with Crippen LogP contribution in [-0.2, 0) is 11.8 Å². The van der Waals surface area contributed by atoms with Crippen LogP contribution in [-0.4, -0.2) is 5.11 Å². The van der Waals surface area contributed by atoms with E-state index in [0.29, 0.717) is 5.75 Å². The molecule has 0 radical (unpaired) electrons. The van der Waals surface area contributed by atoms with Crippen LogP contribution in [0.4, 0.5) is 0 Å². The van der Waals surface area contributed by atoms with Crippen molar-refractivity contribution < 1.29 is 5.11 Å². The Morgan fingerprint density at radius 2 is 1.31 bits per heavy atom. The van der Waals surface area contributed by atoms with Crippen molar-refractivity contribution in [2.45, 2.75) is 47.5 Å². The van der Waals surface area contributed by atoms with Crippen LogP contribution in [0.15, 0.2) is 24.3 Å². The fraction of sp³-hybridized carbons (Fsp3) is 0.538. The first-order valence-electron chi connectivity index (χ1n) is 5.66. The molecule has 0 heterocycles. The average molecular weight is 260 g/mol. The van der Waals surface area contributed by atoms with E-state index < -0.39 is 0 Å². The second kappa shape index (κ2) is 20.0. The molecule has 0 fully saturated rings. The van der Waals surface area contributed by atoms with Crippen LogP contribution < -0.4 is 0 Å².